The molecule has 2 N–H and O–H groups in total. The number of hydrogen-bond acceptors (Lipinski definition) is 3. The number of aromatic hydroxyl groups is 1. The zero-order valence-corrected chi connectivity index (χ0v) is 9.54. The van der Waals surface area contributed by atoms with E-state index in [4.69, 9.17) is 14.9 Å². The van der Waals surface area contributed by atoms with Gasteiger partial charge in [0.1, 0.15) is 18.1 Å². The van der Waals surface area contributed by atoms with Gasteiger partial charge in [-0.15, -0.1) is 0 Å². The van der Waals surface area contributed by atoms with E-state index in [1.54, 1.807) is 36.4 Å². The van der Waals surface area contributed by atoms with Crippen molar-refractivity contribution in [3.8, 4) is 11.5 Å². The van der Waals surface area contributed by atoms with Crippen molar-refractivity contribution >= 4 is 5.97 Å². The number of hydrogen-bond donors (Lipinski definition) is 2. The van der Waals surface area contributed by atoms with E-state index < -0.39 is 5.97 Å². The second-order valence-corrected chi connectivity index (χ2v) is 3.78. The van der Waals surface area contributed by atoms with Crippen LogP contribution >= 0.6 is 0 Å². The lowest BCUT2D eigenvalue weighted by Gasteiger charge is -2.06. The highest BCUT2D eigenvalue weighted by Gasteiger charge is 2.02. The SMILES string of the molecule is O=C(O)c1ccc(COc2ccc(O)cc2)cc1. The first kappa shape index (κ1) is 12.0. The lowest BCUT2D eigenvalue weighted by atomic mass is 10.1. The monoisotopic (exact) mass is 244 g/mol. The van der Waals surface area contributed by atoms with E-state index in [1.165, 1.54) is 12.1 Å². The van der Waals surface area contributed by atoms with Crippen LogP contribution in [-0.2, 0) is 6.61 Å². The first-order valence-electron chi connectivity index (χ1n) is 5.39. The third-order valence-corrected chi connectivity index (χ3v) is 2.44. The van der Waals surface area contributed by atoms with E-state index in [1.807, 2.05) is 0 Å². The molecular weight excluding hydrogens is 232 g/mol. The highest BCUT2D eigenvalue weighted by Crippen LogP contribution is 2.17. The van der Waals surface area contributed by atoms with Crippen LogP contribution in [0.2, 0.25) is 0 Å². The number of ether oxygens (including phenoxy) is 1. The molecule has 0 bridgehead atoms. The molecule has 0 aliphatic rings. The molecule has 0 aliphatic carbocycles. The number of aromatic carboxylic acids is 1. The molecule has 0 unspecified atom stereocenters. The van der Waals surface area contributed by atoms with E-state index in [0.29, 0.717) is 12.4 Å². The molecule has 0 aliphatic heterocycles. The summed E-state index contributed by atoms with van der Waals surface area (Å²) in [5.74, 6) is -0.107. The van der Waals surface area contributed by atoms with Crippen molar-refractivity contribution in [2.45, 2.75) is 6.61 Å². The predicted molar refractivity (Wildman–Crippen MR) is 65.8 cm³/mol. The fourth-order valence-corrected chi connectivity index (χ4v) is 1.45. The van der Waals surface area contributed by atoms with E-state index in [-0.39, 0.29) is 11.3 Å². The summed E-state index contributed by atoms with van der Waals surface area (Å²) < 4.78 is 5.49. The van der Waals surface area contributed by atoms with Gasteiger partial charge < -0.3 is 14.9 Å². The Balaban J connectivity index is 1.97. The molecule has 18 heavy (non-hydrogen) atoms. The lowest BCUT2D eigenvalue weighted by Crippen LogP contribution is -1.98. The number of carboxylic acid groups (broad SMARTS) is 1. The molecule has 0 atom stereocenters. The normalized spacial score (nSPS) is 10.0. The molecule has 0 spiro atoms. The van der Waals surface area contributed by atoms with Crippen LogP contribution in [0.5, 0.6) is 11.5 Å². The summed E-state index contributed by atoms with van der Waals surface area (Å²) in [5, 5.41) is 17.9. The minimum Gasteiger partial charge on any atom is -0.508 e. The van der Waals surface area contributed by atoms with Gasteiger partial charge in [-0.2, -0.15) is 0 Å². The summed E-state index contributed by atoms with van der Waals surface area (Å²) in [6, 6.07) is 12.9. The average Bonchev–Trinajstić information content (AvgIpc) is 2.38. The van der Waals surface area contributed by atoms with Crippen LogP contribution in [0, 0.1) is 0 Å². The van der Waals surface area contributed by atoms with Crippen molar-refractivity contribution in [1.82, 2.24) is 0 Å². The Hall–Kier alpha value is -2.49. The molecule has 0 heterocycles. The van der Waals surface area contributed by atoms with Gasteiger partial charge in [-0.1, -0.05) is 12.1 Å². The van der Waals surface area contributed by atoms with Crippen LogP contribution in [-0.4, -0.2) is 16.2 Å². The standard InChI is InChI=1S/C14H12O4/c15-12-5-7-13(8-6-12)18-9-10-1-3-11(4-2-10)14(16)17/h1-8,15H,9H2,(H,16,17). The van der Waals surface area contributed by atoms with Crippen molar-refractivity contribution in [2.24, 2.45) is 0 Å². The molecule has 4 nitrogen and oxygen atoms in total. The van der Waals surface area contributed by atoms with Gasteiger partial charge in [0.15, 0.2) is 0 Å². The number of carbonyl (C=O) groups is 1. The Morgan fingerprint density at radius 2 is 1.61 bits per heavy atom. The van der Waals surface area contributed by atoms with E-state index in [9.17, 15) is 4.79 Å². The fourth-order valence-electron chi connectivity index (χ4n) is 1.45. The number of carboxylic acids is 1. The summed E-state index contributed by atoms with van der Waals surface area (Å²) in [5.41, 5.74) is 1.14. The molecule has 92 valence electrons. The van der Waals surface area contributed by atoms with Crippen LogP contribution in [0.15, 0.2) is 48.5 Å². The first-order valence-corrected chi connectivity index (χ1v) is 5.39. The molecule has 0 saturated heterocycles. The zero-order valence-electron chi connectivity index (χ0n) is 9.54. The molecule has 2 aromatic carbocycles. The maximum Gasteiger partial charge on any atom is 0.335 e. The smallest absolute Gasteiger partial charge is 0.335 e. The summed E-state index contributed by atoms with van der Waals surface area (Å²) in [6.07, 6.45) is 0. The maximum absolute atomic E-state index is 10.7. The number of rotatable bonds is 4. The van der Waals surface area contributed by atoms with Crippen LogP contribution in [0.4, 0.5) is 0 Å². The van der Waals surface area contributed by atoms with Gasteiger partial charge in [-0.25, -0.2) is 4.79 Å². The molecule has 0 saturated carbocycles. The molecule has 0 aromatic heterocycles. The third kappa shape index (κ3) is 3.01. The Bertz CT molecular complexity index is 529. The van der Waals surface area contributed by atoms with Crippen molar-refractivity contribution in [3.63, 3.8) is 0 Å². The summed E-state index contributed by atoms with van der Waals surface area (Å²) >= 11 is 0. The molecule has 0 amide bonds. The molecular formula is C14H12O4. The van der Waals surface area contributed by atoms with Crippen molar-refractivity contribution < 1.29 is 19.7 Å². The van der Waals surface area contributed by atoms with Gasteiger partial charge in [0.25, 0.3) is 0 Å². The lowest BCUT2D eigenvalue weighted by molar-refractivity contribution is 0.0697. The molecule has 4 heteroatoms. The number of benzene rings is 2. The van der Waals surface area contributed by atoms with Crippen molar-refractivity contribution in [2.75, 3.05) is 0 Å². The summed E-state index contributed by atoms with van der Waals surface area (Å²) in [4.78, 5) is 10.7. The van der Waals surface area contributed by atoms with Crippen molar-refractivity contribution in [1.29, 1.82) is 0 Å². The molecule has 0 radical (unpaired) electrons. The topological polar surface area (TPSA) is 66.8 Å². The quantitative estimate of drug-likeness (QED) is 0.867. The Kier molecular flexibility index (Phi) is 3.48. The van der Waals surface area contributed by atoms with E-state index in [0.717, 1.165) is 5.56 Å². The van der Waals surface area contributed by atoms with Gasteiger partial charge >= 0.3 is 5.97 Å². The van der Waals surface area contributed by atoms with Gasteiger partial charge in [-0.3, -0.25) is 0 Å². The van der Waals surface area contributed by atoms with E-state index in [2.05, 4.69) is 0 Å². The second kappa shape index (κ2) is 5.23. The fraction of sp³-hybridized carbons (Fsp3) is 0.0714. The minimum atomic E-state index is -0.944. The zero-order chi connectivity index (χ0) is 13.0. The highest BCUT2D eigenvalue weighted by atomic mass is 16.5. The first-order chi connectivity index (χ1) is 8.65. The van der Waals surface area contributed by atoms with Crippen molar-refractivity contribution in [3.05, 3.63) is 59.7 Å². The molecule has 0 fully saturated rings. The minimum absolute atomic E-state index is 0.188. The second-order valence-electron chi connectivity index (χ2n) is 3.78. The predicted octanol–water partition coefficient (Wildman–Crippen LogP) is 2.67. The van der Waals surface area contributed by atoms with E-state index >= 15 is 0 Å². The molecule has 2 rings (SSSR count). The highest BCUT2D eigenvalue weighted by molar-refractivity contribution is 5.87. The Morgan fingerprint density at radius 1 is 1.00 bits per heavy atom. The van der Waals surface area contributed by atoms with Crippen LogP contribution in [0.3, 0.4) is 0 Å². The maximum atomic E-state index is 10.7. The summed E-state index contributed by atoms with van der Waals surface area (Å²) in [7, 11) is 0. The van der Waals surface area contributed by atoms with Gasteiger partial charge in [0.2, 0.25) is 0 Å². The third-order valence-electron chi connectivity index (χ3n) is 2.44. The number of phenols is 1. The van der Waals surface area contributed by atoms with Crippen LogP contribution in [0.25, 0.3) is 0 Å². The van der Waals surface area contributed by atoms with Crippen LogP contribution in [0.1, 0.15) is 15.9 Å². The molecule has 2 aromatic rings. The van der Waals surface area contributed by atoms with Crippen LogP contribution < -0.4 is 4.74 Å². The largest absolute Gasteiger partial charge is 0.508 e. The number of phenolic OH excluding ortho intramolecular Hbond substituents is 1. The van der Waals surface area contributed by atoms with Gasteiger partial charge in [0, 0.05) is 0 Å². The Labute approximate surface area is 104 Å². The van der Waals surface area contributed by atoms with Gasteiger partial charge in [0.05, 0.1) is 5.56 Å². The average molecular weight is 244 g/mol. The Morgan fingerprint density at radius 3 is 2.17 bits per heavy atom. The van der Waals surface area contributed by atoms with Gasteiger partial charge in [-0.05, 0) is 42.0 Å². The summed E-state index contributed by atoms with van der Waals surface area (Å²) in [6.45, 7) is 0.352.